The zero-order valence-electron chi connectivity index (χ0n) is 18.1. The predicted molar refractivity (Wildman–Crippen MR) is 130 cm³/mol. The molecule has 0 saturated carbocycles. The van der Waals surface area contributed by atoms with Crippen LogP contribution in [0, 0.1) is 12.0 Å². The van der Waals surface area contributed by atoms with E-state index in [4.69, 9.17) is 11.6 Å². The number of aromatic amines is 2. The van der Waals surface area contributed by atoms with Crippen molar-refractivity contribution in [3.8, 4) is 12.0 Å². The number of aromatic nitrogens is 3. The monoisotopic (exact) mass is 457 g/mol. The van der Waals surface area contributed by atoms with Crippen molar-refractivity contribution in [3.63, 3.8) is 0 Å². The summed E-state index contributed by atoms with van der Waals surface area (Å²) in [4.78, 5) is 28.2. The summed E-state index contributed by atoms with van der Waals surface area (Å²) in [6, 6.07) is 17.1. The Labute approximate surface area is 196 Å². The number of carbonyl (C=O) groups excluding carboxylic acids is 1. The van der Waals surface area contributed by atoms with Crippen molar-refractivity contribution in [2.75, 3.05) is 19.6 Å². The lowest BCUT2D eigenvalue weighted by Gasteiger charge is -2.19. The van der Waals surface area contributed by atoms with Crippen LogP contribution in [0.3, 0.4) is 0 Å². The zero-order chi connectivity index (χ0) is 22.4. The van der Waals surface area contributed by atoms with Gasteiger partial charge in [-0.3, -0.25) is 4.79 Å². The number of fused-ring (bicyclic) bond motifs is 2. The standard InChI is InChI=1S/C26H24ClN5O/c27-18-7-8-23-24(14-18)30-25(29-23)26(33)32-11-3-4-19(32)10-13-31-12-9-17(16-31)21-15-28-22-6-2-1-5-20(21)22/h1-2,5-8,14-15,17,19,28H,3-4,9,11-12,16H2,(H,29,30). The molecule has 2 N–H and O–H groups in total. The summed E-state index contributed by atoms with van der Waals surface area (Å²) >= 11 is 6.06. The molecule has 2 aromatic heterocycles. The first-order chi connectivity index (χ1) is 16.2. The minimum absolute atomic E-state index is 0.0820. The maximum atomic E-state index is 13.2. The number of halogens is 1. The quantitative estimate of drug-likeness (QED) is 0.427. The fourth-order valence-electron chi connectivity index (χ4n) is 5.09. The highest BCUT2D eigenvalue weighted by Crippen LogP contribution is 2.32. The van der Waals surface area contributed by atoms with Gasteiger partial charge in [0.1, 0.15) is 0 Å². The molecule has 2 unspecified atom stereocenters. The van der Waals surface area contributed by atoms with Gasteiger partial charge >= 0.3 is 0 Å². The Kier molecular flexibility index (Phi) is 5.00. The Bertz CT molecular complexity index is 1410. The number of carbonyl (C=O) groups is 1. The predicted octanol–water partition coefficient (Wildman–Crippen LogP) is 4.75. The van der Waals surface area contributed by atoms with Gasteiger partial charge in [0.2, 0.25) is 0 Å². The molecule has 2 saturated heterocycles. The summed E-state index contributed by atoms with van der Waals surface area (Å²) in [7, 11) is 0. The first-order valence-corrected chi connectivity index (χ1v) is 11.8. The number of nitrogens with zero attached hydrogens (tertiary/aromatic N) is 3. The number of likely N-dealkylation sites (tertiary alicyclic amines) is 2. The van der Waals surface area contributed by atoms with Gasteiger partial charge in [0.05, 0.1) is 17.1 Å². The molecular formula is C26H24ClN5O. The van der Waals surface area contributed by atoms with E-state index in [9.17, 15) is 4.79 Å². The topological polar surface area (TPSA) is 68.0 Å². The number of imidazole rings is 1. The molecule has 33 heavy (non-hydrogen) atoms. The van der Waals surface area contributed by atoms with Gasteiger partial charge in [-0.25, -0.2) is 4.98 Å². The molecule has 2 atom stereocenters. The molecule has 6 nitrogen and oxygen atoms in total. The maximum absolute atomic E-state index is 13.2. The second-order valence-corrected chi connectivity index (χ2v) is 9.32. The van der Waals surface area contributed by atoms with Crippen molar-refractivity contribution in [3.05, 3.63) is 65.1 Å². The van der Waals surface area contributed by atoms with Crippen LogP contribution in [0.4, 0.5) is 0 Å². The number of nitrogens with one attached hydrogen (secondary N) is 2. The number of benzene rings is 2. The van der Waals surface area contributed by atoms with Crippen LogP contribution in [-0.2, 0) is 0 Å². The smallest absolute Gasteiger partial charge is 0.290 e. The summed E-state index contributed by atoms with van der Waals surface area (Å²) < 4.78 is 0. The largest absolute Gasteiger partial charge is 0.361 e. The molecule has 1 amide bonds. The molecule has 4 aromatic rings. The Morgan fingerprint density at radius 2 is 2.03 bits per heavy atom. The third-order valence-corrected chi connectivity index (χ3v) is 7.03. The first-order valence-electron chi connectivity index (χ1n) is 11.4. The van der Waals surface area contributed by atoms with Gasteiger partial charge < -0.3 is 19.8 Å². The number of hydrogen-bond donors (Lipinski definition) is 2. The molecule has 166 valence electrons. The fraction of sp³-hybridized carbons (Fsp3) is 0.308. The van der Waals surface area contributed by atoms with E-state index >= 15 is 0 Å². The summed E-state index contributed by atoms with van der Waals surface area (Å²) in [5.74, 6) is 4.10. The van der Waals surface area contributed by atoms with Crippen LogP contribution in [-0.4, -0.2) is 56.3 Å². The van der Waals surface area contributed by atoms with Crippen LogP contribution in [0.2, 0.25) is 5.02 Å². The van der Waals surface area contributed by atoms with Gasteiger partial charge in [0, 0.05) is 53.7 Å². The molecule has 2 aliphatic heterocycles. The number of H-pyrrole nitrogens is 2. The third-order valence-electron chi connectivity index (χ3n) is 6.80. The SMILES string of the molecule is O=C(c1nc2ccc(Cl)cc2[nH]1)N1CCCC1C#CN1CCC(c2c[nH]c3ccccc23)C1. The van der Waals surface area contributed by atoms with E-state index < -0.39 is 0 Å². The molecule has 2 aliphatic rings. The summed E-state index contributed by atoms with van der Waals surface area (Å²) in [5, 5.41) is 1.92. The summed E-state index contributed by atoms with van der Waals surface area (Å²) in [5.41, 5.74) is 4.07. The zero-order valence-corrected chi connectivity index (χ0v) is 18.9. The van der Waals surface area contributed by atoms with Gasteiger partial charge in [0.15, 0.2) is 5.82 Å². The van der Waals surface area contributed by atoms with Crippen LogP contribution in [0.5, 0.6) is 0 Å². The molecule has 0 aliphatic carbocycles. The number of hydrogen-bond acceptors (Lipinski definition) is 3. The average Bonchev–Trinajstić information content (AvgIpc) is 3.62. The second-order valence-electron chi connectivity index (χ2n) is 8.88. The highest BCUT2D eigenvalue weighted by atomic mass is 35.5. The molecule has 6 rings (SSSR count). The lowest BCUT2D eigenvalue weighted by atomic mass is 9.98. The third kappa shape index (κ3) is 3.73. The summed E-state index contributed by atoms with van der Waals surface area (Å²) in [6.07, 6.45) is 5.08. The Morgan fingerprint density at radius 1 is 1.12 bits per heavy atom. The fourth-order valence-corrected chi connectivity index (χ4v) is 5.26. The maximum Gasteiger partial charge on any atom is 0.290 e. The highest BCUT2D eigenvalue weighted by Gasteiger charge is 2.30. The van der Waals surface area contributed by atoms with E-state index in [2.05, 4.69) is 62.3 Å². The van der Waals surface area contributed by atoms with Crippen molar-refractivity contribution in [2.24, 2.45) is 0 Å². The molecule has 2 fully saturated rings. The van der Waals surface area contributed by atoms with Gasteiger partial charge in [-0.1, -0.05) is 35.7 Å². The lowest BCUT2D eigenvalue weighted by molar-refractivity contribution is 0.0755. The molecular weight excluding hydrogens is 434 g/mol. The van der Waals surface area contributed by atoms with E-state index in [0.29, 0.717) is 23.3 Å². The number of para-hydroxylation sites is 1. The summed E-state index contributed by atoms with van der Waals surface area (Å²) in [6.45, 7) is 2.57. The minimum Gasteiger partial charge on any atom is -0.361 e. The van der Waals surface area contributed by atoms with Gasteiger partial charge in [-0.15, -0.1) is 0 Å². The van der Waals surface area contributed by atoms with Gasteiger partial charge in [-0.05, 0) is 49.1 Å². The molecule has 4 heterocycles. The van der Waals surface area contributed by atoms with E-state index in [1.54, 1.807) is 12.1 Å². The van der Waals surface area contributed by atoms with Crippen molar-refractivity contribution < 1.29 is 4.79 Å². The molecule has 0 radical (unpaired) electrons. The van der Waals surface area contributed by atoms with E-state index in [1.807, 2.05) is 11.0 Å². The van der Waals surface area contributed by atoms with Gasteiger partial charge in [-0.2, -0.15) is 0 Å². The molecule has 2 aromatic carbocycles. The Morgan fingerprint density at radius 3 is 2.97 bits per heavy atom. The van der Waals surface area contributed by atoms with Crippen molar-refractivity contribution in [1.82, 2.24) is 24.8 Å². The Balaban J connectivity index is 1.16. The molecule has 0 spiro atoms. The van der Waals surface area contributed by atoms with Crippen molar-refractivity contribution in [2.45, 2.75) is 31.2 Å². The van der Waals surface area contributed by atoms with Crippen molar-refractivity contribution >= 4 is 39.4 Å². The van der Waals surface area contributed by atoms with Gasteiger partial charge in [0.25, 0.3) is 5.91 Å². The van der Waals surface area contributed by atoms with Crippen LogP contribution < -0.4 is 0 Å². The normalized spacial score (nSPS) is 20.5. The average molecular weight is 458 g/mol. The second kappa shape index (κ2) is 8.17. The first kappa shape index (κ1) is 20.2. The van der Waals surface area contributed by atoms with E-state index in [-0.39, 0.29) is 11.9 Å². The Hall–Kier alpha value is -3.43. The molecule has 0 bridgehead atoms. The minimum atomic E-state index is -0.0998. The van der Waals surface area contributed by atoms with Crippen LogP contribution in [0.25, 0.3) is 21.9 Å². The van der Waals surface area contributed by atoms with Crippen LogP contribution in [0.15, 0.2) is 48.7 Å². The van der Waals surface area contributed by atoms with E-state index in [1.165, 1.54) is 16.5 Å². The highest BCUT2D eigenvalue weighted by molar-refractivity contribution is 6.31. The van der Waals surface area contributed by atoms with Crippen LogP contribution in [0.1, 0.15) is 41.4 Å². The van der Waals surface area contributed by atoms with Crippen LogP contribution >= 0.6 is 11.6 Å². The van der Waals surface area contributed by atoms with E-state index in [0.717, 1.165) is 43.4 Å². The number of amides is 1. The van der Waals surface area contributed by atoms with Crippen molar-refractivity contribution in [1.29, 1.82) is 0 Å². The lowest BCUT2D eigenvalue weighted by Crippen LogP contribution is -2.35. The number of rotatable bonds is 2. The molecule has 7 heteroatoms.